The predicted octanol–water partition coefficient (Wildman–Crippen LogP) is 3.68. The largest absolute Gasteiger partial charge is 0.507 e. The maximum atomic E-state index is 12.1. The number of benzene rings is 2. The van der Waals surface area contributed by atoms with E-state index in [1.165, 1.54) is 11.8 Å². The lowest BCUT2D eigenvalue weighted by atomic mass is 10.2. The molecular weight excluding hydrogens is 420 g/mol. The summed E-state index contributed by atoms with van der Waals surface area (Å²) in [7, 11) is 1.57. The number of phenolic OH excluding ortho intramolecular Hbond substituents is 1. The minimum atomic E-state index is -0.181. The van der Waals surface area contributed by atoms with Crippen LogP contribution in [0.4, 0.5) is 5.69 Å². The van der Waals surface area contributed by atoms with Gasteiger partial charge in [0, 0.05) is 16.2 Å². The number of aromatic nitrogens is 3. The summed E-state index contributed by atoms with van der Waals surface area (Å²) in [5, 5.41) is 20.0. The molecule has 26 heavy (non-hydrogen) atoms. The van der Waals surface area contributed by atoms with Gasteiger partial charge >= 0.3 is 0 Å². The van der Waals surface area contributed by atoms with Gasteiger partial charge in [0.2, 0.25) is 11.1 Å². The molecule has 0 radical (unpaired) electrons. The number of halogens is 1. The highest BCUT2D eigenvalue weighted by Gasteiger charge is 2.12. The molecule has 134 valence electrons. The molecule has 3 aromatic rings. The Balaban J connectivity index is 1.61. The molecule has 3 N–H and O–H groups in total. The second-order valence-electron chi connectivity index (χ2n) is 5.20. The molecule has 0 aliphatic rings. The van der Waals surface area contributed by atoms with E-state index in [0.29, 0.717) is 28.0 Å². The number of H-pyrrole nitrogens is 1. The van der Waals surface area contributed by atoms with Crippen LogP contribution in [0.3, 0.4) is 0 Å². The van der Waals surface area contributed by atoms with Crippen LogP contribution in [-0.4, -0.2) is 39.1 Å². The Kier molecular flexibility index (Phi) is 5.79. The smallest absolute Gasteiger partial charge is 0.234 e. The average Bonchev–Trinajstić information content (AvgIpc) is 3.11. The fraction of sp³-hybridized carbons (Fsp3) is 0.118. The van der Waals surface area contributed by atoms with Crippen LogP contribution in [0.5, 0.6) is 11.5 Å². The monoisotopic (exact) mass is 434 g/mol. The number of ether oxygens (including phenoxy) is 1. The number of rotatable bonds is 6. The first kappa shape index (κ1) is 18.3. The fourth-order valence-corrected chi connectivity index (χ4v) is 3.12. The summed E-state index contributed by atoms with van der Waals surface area (Å²) in [6, 6.07) is 12.2. The molecule has 1 heterocycles. The number of hydrogen-bond donors (Lipinski definition) is 3. The molecule has 0 bridgehead atoms. The number of nitrogens with zero attached hydrogens (tertiary/aromatic N) is 2. The standard InChI is InChI=1S/C17H15BrN4O3S/c1-25-12-4-2-3-11(8-12)19-15(24)9-26-17-20-16(21-22-17)13-7-10(18)5-6-14(13)23/h2-8,23H,9H2,1H3,(H,19,24)(H,20,21,22). The van der Waals surface area contributed by atoms with E-state index in [0.717, 1.165) is 4.47 Å². The van der Waals surface area contributed by atoms with Gasteiger partial charge in [0.05, 0.1) is 18.4 Å². The van der Waals surface area contributed by atoms with E-state index < -0.39 is 0 Å². The number of anilines is 1. The van der Waals surface area contributed by atoms with E-state index in [1.807, 2.05) is 0 Å². The lowest BCUT2D eigenvalue weighted by Gasteiger charge is -2.06. The molecule has 0 fully saturated rings. The van der Waals surface area contributed by atoms with E-state index in [4.69, 9.17) is 4.74 Å². The van der Waals surface area contributed by atoms with Crippen LogP contribution < -0.4 is 10.1 Å². The van der Waals surface area contributed by atoms with Crippen LogP contribution in [0.25, 0.3) is 11.4 Å². The van der Waals surface area contributed by atoms with Crippen molar-refractivity contribution in [3.63, 3.8) is 0 Å². The Morgan fingerprint density at radius 2 is 2.19 bits per heavy atom. The van der Waals surface area contributed by atoms with Gasteiger partial charge in [-0.25, -0.2) is 4.98 Å². The highest BCUT2D eigenvalue weighted by Crippen LogP contribution is 2.30. The van der Waals surface area contributed by atoms with Crippen molar-refractivity contribution in [2.24, 2.45) is 0 Å². The second-order valence-corrected chi connectivity index (χ2v) is 7.06. The number of aromatic hydroxyl groups is 1. The summed E-state index contributed by atoms with van der Waals surface area (Å²) in [4.78, 5) is 16.4. The zero-order valence-corrected chi connectivity index (χ0v) is 16.1. The van der Waals surface area contributed by atoms with Gasteiger partial charge < -0.3 is 15.2 Å². The van der Waals surface area contributed by atoms with Gasteiger partial charge in [0.25, 0.3) is 0 Å². The number of hydrogen-bond acceptors (Lipinski definition) is 6. The molecule has 0 saturated carbocycles. The molecule has 0 aliphatic carbocycles. The van der Waals surface area contributed by atoms with Crippen molar-refractivity contribution < 1.29 is 14.6 Å². The van der Waals surface area contributed by atoms with Gasteiger partial charge in [-0.2, -0.15) is 0 Å². The second kappa shape index (κ2) is 8.24. The molecule has 0 aliphatic heterocycles. The maximum Gasteiger partial charge on any atom is 0.234 e. The van der Waals surface area contributed by atoms with Crippen molar-refractivity contribution in [2.45, 2.75) is 5.16 Å². The highest BCUT2D eigenvalue weighted by atomic mass is 79.9. The zero-order chi connectivity index (χ0) is 18.5. The molecule has 0 spiro atoms. The van der Waals surface area contributed by atoms with Crippen LogP contribution in [0.15, 0.2) is 52.1 Å². The van der Waals surface area contributed by atoms with Gasteiger partial charge in [0.15, 0.2) is 5.82 Å². The number of aromatic amines is 1. The maximum absolute atomic E-state index is 12.1. The fourth-order valence-electron chi connectivity index (χ4n) is 2.16. The lowest BCUT2D eigenvalue weighted by Crippen LogP contribution is -2.14. The zero-order valence-electron chi connectivity index (χ0n) is 13.7. The molecule has 1 aromatic heterocycles. The van der Waals surface area contributed by atoms with Crippen LogP contribution in [-0.2, 0) is 4.79 Å². The molecule has 7 nitrogen and oxygen atoms in total. The van der Waals surface area contributed by atoms with Gasteiger partial charge in [-0.1, -0.05) is 33.8 Å². The molecule has 0 atom stereocenters. The summed E-state index contributed by atoms with van der Waals surface area (Å²) >= 11 is 4.54. The third-order valence-electron chi connectivity index (χ3n) is 3.36. The van der Waals surface area contributed by atoms with Gasteiger partial charge in [0.1, 0.15) is 11.5 Å². The average molecular weight is 435 g/mol. The van der Waals surface area contributed by atoms with Gasteiger partial charge in [-0.15, -0.1) is 5.10 Å². The Hall–Kier alpha value is -2.52. The number of amides is 1. The Labute approximate surface area is 162 Å². The summed E-state index contributed by atoms with van der Waals surface area (Å²) in [6.07, 6.45) is 0. The van der Waals surface area contributed by atoms with Crippen LogP contribution >= 0.6 is 27.7 Å². The number of carbonyl (C=O) groups is 1. The lowest BCUT2D eigenvalue weighted by molar-refractivity contribution is -0.113. The minimum Gasteiger partial charge on any atom is -0.507 e. The van der Waals surface area contributed by atoms with Crippen molar-refractivity contribution in [1.29, 1.82) is 0 Å². The summed E-state index contributed by atoms with van der Waals surface area (Å²) in [6.45, 7) is 0. The van der Waals surface area contributed by atoms with Crippen molar-refractivity contribution in [1.82, 2.24) is 15.2 Å². The first-order chi connectivity index (χ1) is 12.5. The number of phenols is 1. The third kappa shape index (κ3) is 4.55. The normalized spacial score (nSPS) is 10.5. The summed E-state index contributed by atoms with van der Waals surface area (Å²) in [5.41, 5.74) is 1.18. The SMILES string of the molecule is COc1cccc(NC(=O)CSc2n[nH]c(-c3cc(Br)ccc3O)n2)c1. The number of thioether (sulfide) groups is 1. The van der Waals surface area contributed by atoms with Crippen molar-refractivity contribution in [3.8, 4) is 22.9 Å². The van der Waals surface area contributed by atoms with Crippen LogP contribution in [0.2, 0.25) is 0 Å². The van der Waals surface area contributed by atoms with Crippen LogP contribution in [0, 0.1) is 0 Å². The highest BCUT2D eigenvalue weighted by molar-refractivity contribution is 9.10. The first-order valence-electron chi connectivity index (χ1n) is 7.53. The van der Waals surface area contributed by atoms with E-state index in [-0.39, 0.29) is 17.4 Å². The predicted molar refractivity (Wildman–Crippen MR) is 104 cm³/mol. The van der Waals surface area contributed by atoms with E-state index in [9.17, 15) is 9.90 Å². The van der Waals surface area contributed by atoms with E-state index >= 15 is 0 Å². The molecule has 1 amide bonds. The van der Waals surface area contributed by atoms with Crippen LogP contribution in [0.1, 0.15) is 0 Å². The Morgan fingerprint density at radius 3 is 3.00 bits per heavy atom. The topological polar surface area (TPSA) is 100 Å². The third-order valence-corrected chi connectivity index (χ3v) is 4.71. The minimum absolute atomic E-state index is 0.0941. The molecule has 0 unspecified atom stereocenters. The van der Waals surface area contributed by atoms with Crippen molar-refractivity contribution in [3.05, 3.63) is 46.9 Å². The quantitative estimate of drug-likeness (QED) is 0.511. The number of nitrogens with one attached hydrogen (secondary N) is 2. The molecule has 3 rings (SSSR count). The molecular formula is C17H15BrN4O3S. The Bertz CT molecular complexity index is 932. The van der Waals surface area contributed by atoms with E-state index in [2.05, 4.69) is 36.4 Å². The molecule has 0 saturated heterocycles. The van der Waals surface area contributed by atoms with Crippen molar-refractivity contribution in [2.75, 3.05) is 18.2 Å². The first-order valence-corrected chi connectivity index (χ1v) is 9.31. The van der Waals surface area contributed by atoms with Gasteiger partial charge in [-0.05, 0) is 30.3 Å². The summed E-state index contributed by atoms with van der Waals surface area (Å²) < 4.78 is 5.94. The van der Waals surface area contributed by atoms with Gasteiger partial charge in [-0.3, -0.25) is 9.89 Å². The number of carbonyl (C=O) groups excluding carboxylic acids is 1. The summed E-state index contributed by atoms with van der Waals surface area (Å²) in [5.74, 6) is 1.16. The van der Waals surface area contributed by atoms with E-state index in [1.54, 1.807) is 49.6 Å². The Morgan fingerprint density at radius 1 is 1.35 bits per heavy atom. The van der Waals surface area contributed by atoms with Crippen molar-refractivity contribution >= 4 is 39.3 Å². The molecule has 9 heteroatoms. The molecule has 2 aromatic carbocycles. The number of methoxy groups -OCH3 is 1.